The lowest BCUT2D eigenvalue weighted by Crippen LogP contribution is -2.41. The van der Waals surface area contributed by atoms with Gasteiger partial charge < -0.3 is 10.1 Å². The van der Waals surface area contributed by atoms with Gasteiger partial charge in [-0.15, -0.1) is 0 Å². The average molecular weight is 389 g/mol. The highest BCUT2D eigenvalue weighted by atomic mass is 32.2. The molecule has 2 fully saturated rings. The molecule has 8 heteroatoms. The van der Waals surface area contributed by atoms with E-state index in [0.717, 1.165) is 31.4 Å². The molecule has 1 aliphatic carbocycles. The highest BCUT2D eigenvalue weighted by molar-refractivity contribution is 7.89. The van der Waals surface area contributed by atoms with Crippen LogP contribution in [0, 0.1) is 0 Å². The molecule has 0 bridgehead atoms. The summed E-state index contributed by atoms with van der Waals surface area (Å²) in [5.74, 6) is 0.455. The lowest BCUT2D eigenvalue weighted by atomic mass is 10.0. The summed E-state index contributed by atoms with van der Waals surface area (Å²) in [6.45, 7) is 4.16. The van der Waals surface area contributed by atoms with Crippen LogP contribution in [0.25, 0.3) is 10.8 Å². The summed E-state index contributed by atoms with van der Waals surface area (Å²) >= 11 is 0. The Morgan fingerprint density at radius 2 is 2.15 bits per heavy atom. The minimum Gasteiger partial charge on any atom is -0.409 e. The fraction of sp³-hybridized carbons (Fsp3) is 0.474. The van der Waals surface area contributed by atoms with Crippen molar-refractivity contribution in [1.82, 2.24) is 14.6 Å². The van der Waals surface area contributed by atoms with Crippen molar-refractivity contribution in [2.75, 3.05) is 19.6 Å². The zero-order valence-electron chi connectivity index (χ0n) is 15.2. The molecule has 0 amide bonds. The Hall–Kier alpha value is -2.03. The van der Waals surface area contributed by atoms with Gasteiger partial charge in [0.1, 0.15) is 0 Å². The van der Waals surface area contributed by atoms with Gasteiger partial charge in [0.15, 0.2) is 0 Å². The Bertz CT molecular complexity index is 972. The minimum absolute atomic E-state index is 0.135. The molecule has 1 saturated carbocycles. The van der Waals surface area contributed by atoms with Crippen LogP contribution in [0.1, 0.15) is 37.7 Å². The maximum absolute atomic E-state index is 13.6. The van der Waals surface area contributed by atoms with Crippen LogP contribution in [-0.4, -0.2) is 49.9 Å². The van der Waals surface area contributed by atoms with Crippen molar-refractivity contribution in [3.8, 4) is 5.88 Å². The zero-order valence-corrected chi connectivity index (χ0v) is 16.0. The molecular formula is C19H23N3O4S. The molecule has 144 valence electrons. The Kier molecular flexibility index (Phi) is 4.88. The van der Waals surface area contributed by atoms with Gasteiger partial charge in [0.05, 0.1) is 4.90 Å². The molecule has 1 atom stereocenters. The normalized spacial score (nSPS) is 21.7. The first kappa shape index (κ1) is 18.3. The fourth-order valence-electron chi connectivity index (χ4n) is 3.80. The number of ether oxygens (including phenoxy) is 1. The highest BCUT2D eigenvalue weighted by Crippen LogP contribution is 2.46. The standard InChI is InChI=1S/C19H23N3O4S/c1-13-10-20-8-3-9-22(13)27(24,25)17-5-2-4-15-18(17)16(14-6-7-14)11-21-19(15)26-12-23/h2,4-5,11-14,20H,3,6-10H2,1H3/t13-/m1/s1. The van der Waals surface area contributed by atoms with E-state index in [0.29, 0.717) is 36.3 Å². The molecule has 1 aromatic carbocycles. The third-order valence-electron chi connectivity index (χ3n) is 5.29. The first-order chi connectivity index (χ1) is 13.0. The third-order valence-corrected chi connectivity index (χ3v) is 7.35. The number of pyridine rings is 1. The number of hydrogen-bond acceptors (Lipinski definition) is 6. The van der Waals surface area contributed by atoms with Crippen molar-refractivity contribution >= 4 is 27.3 Å². The predicted molar refractivity (Wildman–Crippen MR) is 101 cm³/mol. The minimum atomic E-state index is -3.70. The lowest BCUT2D eigenvalue weighted by molar-refractivity contribution is -0.120. The molecule has 7 nitrogen and oxygen atoms in total. The smallest absolute Gasteiger partial charge is 0.299 e. The summed E-state index contributed by atoms with van der Waals surface area (Å²) in [4.78, 5) is 15.4. The number of nitrogens with zero attached hydrogens (tertiary/aromatic N) is 2. The van der Waals surface area contributed by atoms with Gasteiger partial charge in [-0.05, 0) is 56.3 Å². The zero-order chi connectivity index (χ0) is 19.0. The number of aromatic nitrogens is 1. The average Bonchev–Trinajstić information content (AvgIpc) is 3.49. The molecular weight excluding hydrogens is 366 g/mol. The van der Waals surface area contributed by atoms with Crippen molar-refractivity contribution < 1.29 is 17.9 Å². The molecule has 0 unspecified atom stereocenters. The van der Waals surface area contributed by atoms with Crippen molar-refractivity contribution in [2.45, 2.75) is 43.0 Å². The molecule has 2 aromatic rings. The first-order valence-electron chi connectivity index (χ1n) is 9.28. The molecule has 2 heterocycles. The second kappa shape index (κ2) is 7.18. The second-order valence-corrected chi connectivity index (χ2v) is 9.07. The number of rotatable bonds is 5. The van der Waals surface area contributed by atoms with Crippen molar-refractivity contribution in [3.05, 3.63) is 30.0 Å². The predicted octanol–water partition coefficient (Wildman–Crippen LogP) is 2.02. The van der Waals surface area contributed by atoms with Crippen LogP contribution >= 0.6 is 0 Å². The Morgan fingerprint density at radius 3 is 2.89 bits per heavy atom. The van der Waals surface area contributed by atoms with E-state index in [-0.39, 0.29) is 16.8 Å². The number of sulfonamides is 1. The van der Waals surface area contributed by atoms with Crippen LogP contribution in [0.15, 0.2) is 29.3 Å². The summed E-state index contributed by atoms with van der Waals surface area (Å²) < 4.78 is 33.8. The van der Waals surface area contributed by atoms with E-state index in [9.17, 15) is 13.2 Å². The van der Waals surface area contributed by atoms with E-state index in [1.54, 1.807) is 28.7 Å². The molecule has 1 N–H and O–H groups in total. The maximum atomic E-state index is 13.6. The van der Waals surface area contributed by atoms with Gasteiger partial charge in [0.25, 0.3) is 6.47 Å². The van der Waals surface area contributed by atoms with Gasteiger partial charge in [-0.1, -0.05) is 6.07 Å². The SMILES string of the molecule is C[C@@H]1CNCCCN1S(=O)(=O)c1cccc2c(OC=O)ncc(C3CC3)c12. The van der Waals surface area contributed by atoms with Crippen LogP contribution in [-0.2, 0) is 14.8 Å². The van der Waals surface area contributed by atoms with Crippen LogP contribution in [0.3, 0.4) is 0 Å². The quantitative estimate of drug-likeness (QED) is 0.787. The highest BCUT2D eigenvalue weighted by Gasteiger charge is 2.34. The number of carbonyl (C=O) groups is 1. The van der Waals surface area contributed by atoms with Crippen molar-refractivity contribution in [2.24, 2.45) is 0 Å². The molecule has 4 rings (SSSR count). The lowest BCUT2D eigenvalue weighted by Gasteiger charge is -2.27. The van der Waals surface area contributed by atoms with E-state index in [4.69, 9.17) is 4.74 Å². The number of fused-ring (bicyclic) bond motifs is 1. The summed E-state index contributed by atoms with van der Waals surface area (Å²) in [6, 6.07) is 4.97. The summed E-state index contributed by atoms with van der Waals surface area (Å²) in [5.41, 5.74) is 0.919. The summed E-state index contributed by atoms with van der Waals surface area (Å²) in [6.07, 6.45) is 4.46. The molecule has 27 heavy (non-hydrogen) atoms. The van der Waals surface area contributed by atoms with Crippen LogP contribution < -0.4 is 10.1 Å². The van der Waals surface area contributed by atoms with Gasteiger partial charge in [-0.25, -0.2) is 13.4 Å². The van der Waals surface area contributed by atoms with Gasteiger partial charge in [0, 0.05) is 36.1 Å². The summed E-state index contributed by atoms with van der Waals surface area (Å²) in [5, 5.41) is 4.48. The Morgan fingerprint density at radius 1 is 1.33 bits per heavy atom. The molecule has 2 aliphatic rings. The van der Waals surface area contributed by atoms with Crippen molar-refractivity contribution in [3.63, 3.8) is 0 Å². The Labute approximate surface area is 158 Å². The summed E-state index contributed by atoms with van der Waals surface area (Å²) in [7, 11) is -3.70. The maximum Gasteiger partial charge on any atom is 0.299 e. The largest absolute Gasteiger partial charge is 0.409 e. The molecule has 1 saturated heterocycles. The molecule has 0 spiro atoms. The van der Waals surface area contributed by atoms with Gasteiger partial charge in [0.2, 0.25) is 15.9 Å². The Balaban J connectivity index is 1.93. The fourth-order valence-corrected chi connectivity index (χ4v) is 5.71. The van der Waals surface area contributed by atoms with E-state index >= 15 is 0 Å². The number of carbonyl (C=O) groups excluding carboxylic acids is 1. The first-order valence-corrected chi connectivity index (χ1v) is 10.7. The third kappa shape index (κ3) is 3.33. The van der Waals surface area contributed by atoms with Crippen LogP contribution in [0.4, 0.5) is 0 Å². The van der Waals surface area contributed by atoms with Crippen LogP contribution in [0.5, 0.6) is 5.88 Å². The van der Waals surface area contributed by atoms with Crippen LogP contribution in [0.2, 0.25) is 0 Å². The molecule has 1 aromatic heterocycles. The number of benzene rings is 1. The van der Waals surface area contributed by atoms with E-state index in [1.165, 1.54) is 0 Å². The van der Waals surface area contributed by atoms with E-state index in [1.807, 2.05) is 6.92 Å². The number of hydrogen-bond donors (Lipinski definition) is 1. The van der Waals surface area contributed by atoms with E-state index in [2.05, 4.69) is 10.3 Å². The molecule has 0 radical (unpaired) electrons. The van der Waals surface area contributed by atoms with Gasteiger partial charge >= 0.3 is 0 Å². The molecule has 1 aliphatic heterocycles. The van der Waals surface area contributed by atoms with E-state index < -0.39 is 10.0 Å². The van der Waals surface area contributed by atoms with Gasteiger partial charge in [-0.2, -0.15) is 4.31 Å². The van der Waals surface area contributed by atoms with Crippen molar-refractivity contribution in [1.29, 1.82) is 0 Å². The number of nitrogens with one attached hydrogen (secondary N) is 1. The monoisotopic (exact) mass is 389 g/mol. The topological polar surface area (TPSA) is 88.6 Å². The van der Waals surface area contributed by atoms with Gasteiger partial charge in [-0.3, -0.25) is 4.79 Å². The second-order valence-electron chi connectivity index (χ2n) is 7.21.